The number of amides is 2. The summed E-state index contributed by atoms with van der Waals surface area (Å²) in [6.07, 6.45) is 1.17. The SMILES string of the molecule is Cc1ccc(N(C(=O)c2ccccc2Cl)C(C(=O)NC(C)(C)C)c2cc(=O)c(OCc3ccccc3)co2)cc1. The molecule has 0 aliphatic heterocycles. The van der Waals surface area contributed by atoms with Crippen LogP contribution in [0, 0.1) is 6.92 Å². The molecule has 0 aliphatic rings. The van der Waals surface area contributed by atoms with Crippen LogP contribution in [0.15, 0.2) is 100 Å². The van der Waals surface area contributed by atoms with E-state index in [-0.39, 0.29) is 28.7 Å². The summed E-state index contributed by atoms with van der Waals surface area (Å²) in [5.41, 5.74) is 1.35. The number of nitrogens with zero attached hydrogens (tertiary/aromatic N) is 1. The molecule has 0 spiro atoms. The van der Waals surface area contributed by atoms with Crippen molar-refractivity contribution in [3.8, 4) is 5.75 Å². The fourth-order valence-corrected chi connectivity index (χ4v) is 4.28. The summed E-state index contributed by atoms with van der Waals surface area (Å²) >= 11 is 6.41. The number of rotatable bonds is 8. The molecule has 2 amide bonds. The zero-order valence-electron chi connectivity index (χ0n) is 22.8. The van der Waals surface area contributed by atoms with Crippen molar-refractivity contribution in [1.82, 2.24) is 5.32 Å². The summed E-state index contributed by atoms with van der Waals surface area (Å²) in [6, 6.07) is 23.0. The fourth-order valence-electron chi connectivity index (χ4n) is 4.06. The normalized spacial score (nSPS) is 11.9. The minimum Gasteiger partial charge on any atom is -0.482 e. The van der Waals surface area contributed by atoms with E-state index in [0.29, 0.717) is 5.69 Å². The molecule has 3 aromatic carbocycles. The van der Waals surface area contributed by atoms with Gasteiger partial charge in [0.05, 0.1) is 10.6 Å². The molecule has 8 heteroatoms. The Bertz CT molecular complexity index is 1540. The lowest BCUT2D eigenvalue weighted by Crippen LogP contribution is -2.49. The quantitative estimate of drug-likeness (QED) is 0.267. The maximum atomic E-state index is 14.1. The van der Waals surface area contributed by atoms with Crippen LogP contribution in [0.5, 0.6) is 5.75 Å². The maximum Gasteiger partial charge on any atom is 0.260 e. The first-order valence-electron chi connectivity index (χ1n) is 12.8. The van der Waals surface area contributed by atoms with Gasteiger partial charge in [-0.15, -0.1) is 0 Å². The van der Waals surface area contributed by atoms with Gasteiger partial charge < -0.3 is 14.5 Å². The number of anilines is 1. The Kier molecular flexibility index (Phi) is 8.75. The third-order valence-corrected chi connectivity index (χ3v) is 6.29. The first-order valence-corrected chi connectivity index (χ1v) is 13.2. The molecule has 40 heavy (non-hydrogen) atoms. The minimum absolute atomic E-state index is 0.0121. The summed E-state index contributed by atoms with van der Waals surface area (Å²) in [7, 11) is 0. The van der Waals surface area contributed by atoms with Crippen LogP contribution in [0.3, 0.4) is 0 Å². The molecule has 0 bridgehead atoms. The summed E-state index contributed by atoms with van der Waals surface area (Å²) < 4.78 is 11.5. The van der Waals surface area contributed by atoms with Crippen LogP contribution >= 0.6 is 11.6 Å². The highest BCUT2D eigenvalue weighted by Gasteiger charge is 2.37. The van der Waals surface area contributed by atoms with Gasteiger partial charge in [-0.3, -0.25) is 19.3 Å². The highest BCUT2D eigenvalue weighted by molar-refractivity contribution is 6.34. The lowest BCUT2D eigenvalue weighted by Gasteiger charge is -2.33. The lowest BCUT2D eigenvalue weighted by atomic mass is 10.0. The standard InChI is InChI=1S/C32H31ClN2O5/c1-21-14-16-23(17-15-21)35(31(38)24-12-8-9-13-25(24)33)29(30(37)34-32(2,3)4)27-18-26(36)28(20-40-27)39-19-22-10-6-5-7-11-22/h5-18,20,29H,19H2,1-4H3,(H,34,37). The van der Waals surface area contributed by atoms with Crippen molar-refractivity contribution in [2.75, 3.05) is 4.90 Å². The molecule has 7 nitrogen and oxygen atoms in total. The van der Waals surface area contributed by atoms with E-state index >= 15 is 0 Å². The van der Waals surface area contributed by atoms with Crippen LogP contribution in [-0.4, -0.2) is 17.4 Å². The largest absolute Gasteiger partial charge is 0.482 e. The minimum atomic E-state index is -1.33. The first-order chi connectivity index (χ1) is 19.0. The van der Waals surface area contributed by atoms with Crippen molar-refractivity contribution in [1.29, 1.82) is 0 Å². The molecule has 1 atom stereocenters. The predicted molar refractivity (Wildman–Crippen MR) is 156 cm³/mol. The Hall–Kier alpha value is -4.36. The highest BCUT2D eigenvalue weighted by atomic mass is 35.5. The molecular weight excluding hydrogens is 528 g/mol. The number of ether oxygens (including phenoxy) is 1. The molecule has 0 fully saturated rings. The number of carbonyl (C=O) groups excluding carboxylic acids is 2. The third kappa shape index (κ3) is 6.98. The van der Waals surface area contributed by atoms with Gasteiger partial charge in [0, 0.05) is 17.3 Å². The number of carbonyl (C=O) groups is 2. The number of benzene rings is 3. The van der Waals surface area contributed by atoms with Crippen molar-refractivity contribution in [3.05, 3.63) is 129 Å². The average Bonchev–Trinajstić information content (AvgIpc) is 2.91. The highest BCUT2D eigenvalue weighted by Crippen LogP contribution is 2.32. The molecule has 4 rings (SSSR count). The molecule has 206 valence electrons. The molecule has 0 aliphatic carbocycles. The van der Waals surface area contributed by atoms with E-state index in [1.54, 1.807) is 36.4 Å². The van der Waals surface area contributed by atoms with Gasteiger partial charge in [0.2, 0.25) is 11.2 Å². The molecular formula is C32H31ClN2O5. The Morgan fingerprint density at radius 3 is 2.25 bits per heavy atom. The van der Waals surface area contributed by atoms with Gasteiger partial charge in [0.15, 0.2) is 6.04 Å². The van der Waals surface area contributed by atoms with E-state index in [1.807, 2.05) is 70.2 Å². The van der Waals surface area contributed by atoms with Crippen LogP contribution in [0.25, 0.3) is 0 Å². The van der Waals surface area contributed by atoms with Gasteiger partial charge in [-0.2, -0.15) is 0 Å². The second-order valence-electron chi connectivity index (χ2n) is 10.4. The fraction of sp³-hybridized carbons (Fsp3) is 0.219. The van der Waals surface area contributed by atoms with E-state index < -0.39 is 28.8 Å². The monoisotopic (exact) mass is 558 g/mol. The Labute approximate surface area is 238 Å². The number of nitrogens with one attached hydrogen (secondary N) is 1. The molecule has 1 aromatic heterocycles. The molecule has 0 saturated carbocycles. The maximum absolute atomic E-state index is 14.1. The van der Waals surface area contributed by atoms with E-state index in [0.717, 1.165) is 11.1 Å². The molecule has 1 unspecified atom stereocenters. The van der Waals surface area contributed by atoms with Crippen molar-refractivity contribution in [2.45, 2.75) is 45.9 Å². The van der Waals surface area contributed by atoms with E-state index in [2.05, 4.69) is 5.32 Å². The first kappa shape index (κ1) is 28.6. The zero-order valence-corrected chi connectivity index (χ0v) is 23.6. The Morgan fingerprint density at radius 1 is 0.975 bits per heavy atom. The summed E-state index contributed by atoms with van der Waals surface area (Å²) in [5.74, 6) is -1.10. The summed E-state index contributed by atoms with van der Waals surface area (Å²) in [4.78, 5) is 42.3. The molecule has 1 N–H and O–H groups in total. The summed E-state index contributed by atoms with van der Waals surface area (Å²) in [5, 5.41) is 3.15. The van der Waals surface area contributed by atoms with Crippen LogP contribution in [0.1, 0.15) is 54.1 Å². The molecule has 4 aromatic rings. The van der Waals surface area contributed by atoms with Gasteiger partial charge >= 0.3 is 0 Å². The second kappa shape index (κ2) is 12.2. The van der Waals surface area contributed by atoms with Crippen molar-refractivity contribution in [3.63, 3.8) is 0 Å². The van der Waals surface area contributed by atoms with Gasteiger partial charge in [-0.05, 0) is 57.5 Å². The van der Waals surface area contributed by atoms with Crippen LogP contribution in [0.2, 0.25) is 5.02 Å². The predicted octanol–water partition coefficient (Wildman–Crippen LogP) is 6.48. The topological polar surface area (TPSA) is 88.9 Å². The number of halogens is 1. The van der Waals surface area contributed by atoms with E-state index in [9.17, 15) is 14.4 Å². The summed E-state index contributed by atoms with van der Waals surface area (Å²) in [6.45, 7) is 7.56. The molecule has 0 radical (unpaired) electrons. The zero-order chi connectivity index (χ0) is 28.9. The van der Waals surface area contributed by atoms with Gasteiger partial charge in [-0.1, -0.05) is 71.8 Å². The van der Waals surface area contributed by atoms with Gasteiger partial charge in [0.25, 0.3) is 11.8 Å². The third-order valence-electron chi connectivity index (χ3n) is 5.96. The van der Waals surface area contributed by atoms with Crippen LogP contribution in [0.4, 0.5) is 5.69 Å². The number of hydrogen-bond donors (Lipinski definition) is 1. The van der Waals surface area contributed by atoms with Crippen molar-refractivity contribution < 1.29 is 18.7 Å². The Balaban J connectivity index is 1.81. The van der Waals surface area contributed by atoms with Gasteiger partial charge in [-0.25, -0.2) is 0 Å². The average molecular weight is 559 g/mol. The van der Waals surface area contributed by atoms with Crippen molar-refractivity contribution >= 4 is 29.1 Å². The number of hydrogen-bond acceptors (Lipinski definition) is 5. The Morgan fingerprint density at radius 2 is 1.62 bits per heavy atom. The van der Waals surface area contributed by atoms with Crippen LogP contribution in [-0.2, 0) is 11.4 Å². The smallest absolute Gasteiger partial charge is 0.260 e. The number of aryl methyl sites for hydroxylation is 1. The lowest BCUT2D eigenvalue weighted by molar-refractivity contribution is -0.124. The van der Waals surface area contributed by atoms with E-state index in [1.165, 1.54) is 17.2 Å². The van der Waals surface area contributed by atoms with Crippen molar-refractivity contribution in [2.24, 2.45) is 0 Å². The van der Waals surface area contributed by atoms with Gasteiger partial charge in [0.1, 0.15) is 18.6 Å². The van der Waals surface area contributed by atoms with Crippen LogP contribution < -0.4 is 20.4 Å². The van der Waals surface area contributed by atoms with E-state index in [4.69, 9.17) is 20.8 Å². The molecule has 0 saturated heterocycles. The second-order valence-corrected chi connectivity index (χ2v) is 10.8. The molecule has 1 heterocycles.